The molecule has 2 N–H and O–H groups in total. The van der Waals surface area contributed by atoms with E-state index in [1.165, 1.54) is 18.4 Å². The molecular formula is C12H22N4O3S2. The number of hydrogen-bond donors (Lipinski definition) is 1. The maximum Gasteiger partial charge on any atom is 0.249 e. The van der Waals surface area contributed by atoms with E-state index in [2.05, 4.69) is 4.37 Å². The zero-order valence-corrected chi connectivity index (χ0v) is 14.2. The Morgan fingerprint density at radius 2 is 2.24 bits per heavy atom. The van der Waals surface area contributed by atoms with Crippen LogP contribution in [0.2, 0.25) is 0 Å². The number of nitrogen functional groups attached to an aromatic ring is 1. The van der Waals surface area contributed by atoms with Crippen molar-refractivity contribution in [3.63, 3.8) is 0 Å². The van der Waals surface area contributed by atoms with E-state index in [9.17, 15) is 8.42 Å². The molecule has 1 saturated heterocycles. The molecule has 1 aliphatic rings. The van der Waals surface area contributed by atoms with Crippen molar-refractivity contribution >= 4 is 32.4 Å². The number of rotatable bonds is 5. The van der Waals surface area contributed by atoms with E-state index in [4.69, 9.17) is 10.5 Å². The van der Waals surface area contributed by atoms with Crippen LogP contribution in [0.25, 0.3) is 0 Å². The van der Waals surface area contributed by atoms with Crippen molar-refractivity contribution in [2.45, 2.75) is 30.8 Å². The fourth-order valence-electron chi connectivity index (χ4n) is 2.41. The number of nitrogens with two attached hydrogens (primary N) is 1. The van der Waals surface area contributed by atoms with E-state index in [0.29, 0.717) is 18.2 Å². The van der Waals surface area contributed by atoms with E-state index in [1.807, 2.05) is 11.8 Å². The topological polar surface area (TPSA) is 88.8 Å². The lowest BCUT2D eigenvalue weighted by Gasteiger charge is -2.33. The van der Waals surface area contributed by atoms with Gasteiger partial charge in [0.1, 0.15) is 5.00 Å². The first-order valence-electron chi connectivity index (χ1n) is 6.92. The van der Waals surface area contributed by atoms with Crippen molar-refractivity contribution in [3.05, 3.63) is 0 Å². The summed E-state index contributed by atoms with van der Waals surface area (Å²) in [7, 11) is -0.609. The zero-order chi connectivity index (χ0) is 15.6. The number of sulfonamides is 1. The van der Waals surface area contributed by atoms with Gasteiger partial charge in [-0.2, -0.15) is 4.37 Å². The summed E-state index contributed by atoms with van der Waals surface area (Å²) < 4.78 is 35.8. The lowest BCUT2D eigenvalue weighted by molar-refractivity contribution is 0.0527. The Kier molecular flexibility index (Phi) is 5.07. The van der Waals surface area contributed by atoms with E-state index in [0.717, 1.165) is 30.9 Å². The predicted molar refractivity (Wildman–Crippen MR) is 84.3 cm³/mol. The molecule has 2 rings (SSSR count). The predicted octanol–water partition coefficient (Wildman–Crippen LogP) is 0.981. The minimum Gasteiger partial charge on any atom is -0.382 e. The maximum absolute atomic E-state index is 12.4. The molecule has 0 amide bonds. The molecule has 0 aromatic carbocycles. The molecular weight excluding hydrogens is 312 g/mol. The van der Waals surface area contributed by atoms with Gasteiger partial charge in [0.15, 0.2) is 10.7 Å². The monoisotopic (exact) mass is 334 g/mol. The van der Waals surface area contributed by atoms with Gasteiger partial charge in [-0.3, -0.25) is 0 Å². The van der Waals surface area contributed by atoms with Crippen molar-refractivity contribution in [1.29, 1.82) is 0 Å². The van der Waals surface area contributed by atoms with Gasteiger partial charge >= 0.3 is 0 Å². The molecule has 1 aliphatic heterocycles. The van der Waals surface area contributed by atoms with E-state index >= 15 is 0 Å². The largest absolute Gasteiger partial charge is 0.382 e. The highest BCUT2D eigenvalue weighted by Crippen LogP contribution is 2.37. The first-order chi connectivity index (χ1) is 9.87. The molecule has 0 spiro atoms. The molecule has 0 saturated carbocycles. The summed E-state index contributed by atoms with van der Waals surface area (Å²) in [5.41, 5.74) is 5.80. The van der Waals surface area contributed by atoms with Gasteiger partial charge in [0.05, 0.1) is 6.10 Å². The molecule has 1 aromatic heterocycles. The number of aromatic nitrogens is 1. The molecule has 21 heavy (non-hydrogen) atoms. The van der Waals surface area contributed by atoms with Gasteiger partial charge in [-0.1, -0.05) is 0 Å². The number of nitrogens with zero attached hydrogens (tertiary/aromatic N) is 3. The minimum absolute atomic E-state index is 0.0715. The third kappa shape index (κ3) is 3.31. The lowest BCUT2D eigenvalue weighted by atomic mass is 10.1. The second-order valence-corrected chi connectivity index (χ2v) is 8.00. The van der Waals surface area contributed by atoms with Crippen LogP contribution < -0.4 is 10.6 Å². The third-order valence-corrected chi connectivity index (χ3v) is 6.40. The Balaban J connectivity index is 2.33. The van der Waals surface area contributed by atoms with Crippen molar-refractivity contribution < 1.29 is 13.2 Å². The molecule has 2 heterocycles. The Hall–Kier alpha value is -0.900. The molecule has 7 nitrogen and oxygen atoms in total. The molecule has 120 valence electrons. The maximum atomic E-state index is 12.4. The first-order valence-corrected chi connectivity index (χ1v) is 9.13. The quantitative estimate of drug-likeness (QED) is 0.863. The Morgan fingerprint density at radius 3 is 2.86 bits per heavy atom. The molecule has 0 bridgehead atoms. The van der Waals surface area contributed by atoms with Gasteiger partial charge in [0.25, 0.3) is 0 Å². The molecule has 0 aliphatic carbocycles. The number of ether oxygens (including phenoxy) is 1. The van der Waals surface area contributed by atoms with Crippen molar-refractivity contribution in [2.75, 3.05) is 44.4 Å². The van der Waals surface area contributed by atoms with Crippen LogP contribution in [-0.2, 0) is 14.8 Å². The van der Waals surface area contributed by atoms with Crippen LogP contribution in [0.3, 0.4) is 0 Å². The Labute approximate surface area is 129 Å². The highest BCUT2D eigenvalue weighted by molar-refractivity contribution is 7.89. The summed E-state index contributed by atoms with van der Waals surface area (Å²) in [4.78, 5) is 2.14. The number of hydrogen-bond acceptors (Lipinski definition) is 7. The zero-order valence-electron chi connectivity index (χ0n) is 12.6. The molecule has 9 heteroatoms. The highest BCUT2D eigenvalue weighted by atomic mass is 32.2. The average Bonchev–Trinajstić information content (AvgIpc) is 2.82. The van der Waals surface area contributed by atoms with Crippen molar-refractivity contribution in [1.82, 2.24) is 8.68 Å². The molecule has 1 unspecified atom stereocenters. The van der Waals surface area contributed by atoms with Gasteiger partial charge in [-0.25, -0.2) is 12.7 Å². The summed E-state index contributed by atoms with van der Waals surface area (Å²) in [5.74, 6) is 0.0715. The first kappa shape index (κ1) is 16.5. The molecule has 0 radical (unpaired) electrons. The fourth-order valence-corrected chi connectivity index (χ4v) is 4.66. The van der Waals surface area contributed by atoms with Gasteiger partial charge in [-0.05, 0) is 31.3 Å². The average molecular weight is 334 g/mol. The summed E-state index contributed by atoms with van der Waals surface area (Å²) >= 11 is 1.14. The molecule has 1 aromatic rings. The lowest BCUT2D eigenvalue weighted by Crippen LogP contribution is -2.40. The van der Waals surface area contributed by atoms with Gasteiger partial charge in [0.2, 0.25) is 10.0 Å². The minimum atomic E-state index is -3.60. The smallest absolute Gasteiger partial charge is 0.249 e. The van der Waals surface area contributed by atoms with Crippen LogP contribution in [0.1, 0.15) is 19.8 Å². The van der Waals surface area contributed by atoms with Crippen LogP contribution in [0.5, 0.6) is 0 Å². The highest BCUT2D eigenvalue weighted by Gasteiger charge is 2.32. The van der Waals surface area contributed by atoms with Crippen LogP contribution in [-0.4, -0.2) is 57.0 Å². The SMILES string of the molecule is CCOC1CCCN(c2snc(N)c2S(=O)(=O)N(C)C)C1. The van der Waals surface area contributed by atoms with Gasteiger partial charge < -0.3 is 15.4 Å². The van der Waals surface area contributed by atoms with Crippen LogP contribution in [0.15, 0.2) is 4.90 Å². The van der Waals surface area contributed by atoms with E-state index in [-0.39, 0.29) is 16.8 Å². The number of piperidine rings is 1. The molecule has 1 fully saturated rings. The summed E-state index contributed by atoms with van der Waals surface area (Å²) in [6.45, 7) is 4.09. The Morgan fingerprint density at radius 1 is 1.52 bits per heavy atom. The normalized spacial score (nSPS) is 20.2. The fraction of sp³-hybridized carbons (Fsp3) is 0.750. The van der Waals surface area contributed by atoms with Gasteiger partial charge in [0, 0.05) is 33.8 Å². The van der Waals surface area contributed by atoms with Crippen LogP contribution in [0, 0.1) is 0 Å². The second-order valence-electron chi connectivity index (χ2n) is 5.16. The Bertz CT molecular complexity index is 583. The third-order valence-electron chi connectivity index (χ3n) is 3.46. The number of anilines is 2. The summed E-state index contributed by atoms with van der Waals surface area (Å²) in [6, 6.07) is 0. The van der Waals surface area contributed by atoms with E-state index < -0.39 is 10.0 Å². The molecule has 1 atom stereocenters. The summed E-state index contributed by atoms with van der Waals surface area (Å²) in [5, 5.41) is 0.616. The van der Waals surface area contributed by atoms with Crippen molar-refractivity contribution in [2.24, 2.45) is 0 Å². The standard InChI is InChI=1S/C12H22N4O3S2/c1-4-19-9-6-5-7-16(8-9)12-10(11(13)14-20-12)21(17,18)15(2)3/h9H,4-8H2,1-3H3,(H2,13,14). The van der Waals surface area contributed by atoms with Crippen molar-refractivity contribution in [3.8, 4) is 0 Å². The van der Waals surface area contributed by atoms with Crippen LogP contribution in [0.4, 0.5) is 10.8 Å². The summed E-state index contributed by atoms with van der Waals surface area (Å²) in [6.07, 6.45) is 2.08. The van der Waals surface area contributed by atoms with E-state index in [1.54, 1.807) is 0 Å². The van der Waals surface area contributed by atoms with Crippen LogP contribution >= 0.6 is 11.5 Å². The second kappa shape index (κ2) is 6.47. The van der Waals surface area contributed by atoms with Gasteiger partial charge in [-0.15, -0.1) is 0 Å².